The van der Waals surface area contributed by atoms with Gasteiger partial charge in [0.1, 0.15) is 30.2 Å². The molecule has 1 fully saturated rings. The van der Waals surface area contributed by atoms with Gasteiger partial charge in [-0.1, -0.05) is 79.2 Å². The number of ether oxygens (including phenoxy) is 2. The number of piperidine rings is 1. The van der Waals surface area contributed by atoms with E-state index in [0.717, 1.165) is 47.9 Å². The van der Waals surface area contributed by atoms with Gasteiger partial charge in [-0.3, -0.25) is 0 Å². The number of carbonyl (C=O) groups excluding carboxylic acids is 1. The largest absolute Gasteiger partial charge is 0.487 e. The summed E-state index contributed by atoms with van der Waals surface area (Å²) in [5.41, 5.74) is 4.09. The van der Waals surface area contributed by atoms with Crippen molar-refractivity contribution >= 4 is 16.9 Å². The molecule has 0 bridgehead atoms. The van der Waals surface area contributed by atoms with Gasteiger partial charge >= 0.3 is 5.97 Å². The van der Waals surface area contributed by atoms with Crippen LogP contribution in [0.5, 0.6) is 5.75 Å². The van der Waals surface area contributed by atoms with Crippen LogP contribution in [0, 0.1) is 0 Å². The zero-order valence-electron chi connectivity index (χ0n) is 19.1. The number of hydrogen-bond acceptors (Lipinski definition) is 5. The molecule has 1 aliphatic rings. The number of benzene rings is 3. The molecular formula is C29H28N2O3. The third kappa shape index (κ3) is 5.10. The Kier molecular flexibility index (Phi) is 6.82. The molecule has 1 saturated heterocycles. The van der Waals surface area contributed by atoms with Gasteiger partial charge in [-0.15, -0.1) is 0 Å². The molecule has 5 nitrogen and oxygen atoms in total. The van der Waals surface area contributed by atoms with E-state index in [0.29, 0.717) is 23.6 Å². The Labute approximate surface area is 199 Å². The molecule has 1 N–H and O–H groups in total. The van der Waals surface area contributed by atoms with Crippen molar-refractivity contribution in [1.29, 1.82) is 0 Å². The summed E-state index contributed by atoms with van der Waals surface area (Å²) < 4.78 is 11.8. The number of nitrogens with zero attached hydrogens (tertiary/aromatic N) is 1. The second-order valence-corrected chi connectivity index (χ2v) is 8.59. The van der Waals surface area contributed by atoms with E-state index in [4.69, 9.17) is 14.5 Å². The van der Waals surface area contributed by atoms with Crippen molar-refractivity contribution in [2.24, 2.45) is 0 Å². The summed E-state index contributed by atoms with van der Waals surface area (Å²) in [6, 6.07) is 27.7. The van der Waals surface area contributed by atoms with Gasteiger partial charge in [0.15, 0.2) is 0 Å². The minimum absolute atomic E-state index is 0.171. The Morgan fingerprint density at radius 2 is 1.62 bits per heavy atom. The fourth-order valence-corrected chi connectivity index (χ4v) is 4.41. The van der Waals surface area contributed by atoms with E-state index in [1.165, 1.54) is 0 Å². The van der Waals surface area contributed by atoms with Crippen LogP contribution in [0.2, 0.25) is 0 Å². The summed E-state index contributed by atoms with van der Waals surface area (Å²) in [6.45, 7) is 1.61. The van der Waals surface area contributed by atoms with Crippen LogP contribution in [-0.4, -0.2) is 17.5 Å². The molecule has 1 aromatic heterocycles. The van der Waals surface area contributed by atoms with Crippen LogP contribution in [0.15, 0.2) is 84.9 Å². The number of nitrogens with one attached hydrogen (secondary N) is 1. The predicted molar refractivity (Wildman–Crippen MR) is 133 cm³/mol. The van der Waals surface area contributed by atoms with E-state index in [9.17, 15) is 4.79 Å². The van der Waals surface area contributed by atoms with Crippen molar-refractivity contribution in [1.82, 2.24) is 10.3 Å². The van der Waals surface area contributed by atoms with Crippen LogP contribution in [0.25, 0.3) is 10.9 Å². The molecule has 34 heavy (non-hydrogen) atoms. The molecule has 0 aliphatic carbocycles. The zero-order valence-corrected chi connectivity index (χ0v) is 19.1. The van der Waals surface area contributed by atoms with Gasteiger partial charge in [0, 0.05) is 11.4 Å². The van der Waals surface area contributed by atoms with Gasteiger partial charge in [-0.25, -0.2) is 9.78 Å². The molecule has 0 saturated carbocycles. The number of carbonyl (C=O) groups is 1. The number of fused-ring (bicyclic) bond motifs is 1. The van der Waals surface area contributed by atoms with Crippen LogP contribution < -0.4 is 10.1 Å². The van der Waals surface area contributed by atoms with Crippen LogP contribution in [0.1, 0.15) is 52.5 Å². The highest BCUT2D eigenvalue weighted by atomic mass is 16.5. The van der Waals surface area contributed by atoms with E-state index < -0.39 is 5.97 Å². The van der Waals surface area contributed by atoms with Crippen molar-refractivity contribution < 1.29 is 14.3 Å². The summed E-state index contributed by atoms with van der Waals surface area (Å²) in [5.74, 6) is 0.233. The van der Waals surface area contributed by atoms with Gasteiger partial charge in [-0.2, -0.15) is 0 Å². The van der Waals surface area contributed by atoms with E-state index in [-0.39, 0.29) is 12.6 Å². The van der Waals surface area contributed by atoms with E-state index >= 15 is 0 Å². The molecule has 2 heterocycles. The molecule has 1 aliphatic heterocycles. The Morgan fingerprint density at radius 3 is 2.32 bits per heavy atom. The first kappa shape index (κ1) is 22.1. The van der Waals surface area contributed by atoms with Gasteiger partial charge in [0.2, 0.25) is 0 Å². The number of hydrogen-bond donors (Lipinski definition) is 1. The molecule has 0 radical (unpaired) electrons. The van der Waals surface area contributed by atoms with E-state index in [1.54, 1.807) is 0 Å². The van der Waals surface area contributed by atoms with Crippen LogP contribution in [-0.2, 0) is 18.0 Å². The number of esters is 1. The number of rotatable bonds is 7. The van der Waals surface area contributed by atoms with Gasteiger partial charge in [0.05, 0.1) is 0 Å². The van der Waals surface area contributed by atoms with Crippen molar-refractivity contribution in [2.45, 2.75) is 38.5 Å². The van der Waals surface area contributed by atoms with Crippen molar-refractivity contribution in [3.8, 4) is 5.75 Å². The summed E-state index contributed by atoms with van der Waals surface area (Å²) in [7, 11) is 0. The maximum Gasteiger partial charge on any atom is 0.357 e. The molecule has 3 aromatic carbocycles. The van der Waals surface area contributed by atoms with E-state index in [2.05, 4.69) is 11.4 Å². The van der Waals surface area contributed by atoms with Gasteiger partial charge < -0.3 is 14.8 Å². The lowest BCUT2D eigenvalue weighted by Gasteiger charge is -2.25. The average Bonchev–Trinajstić information content (AvgIpc) is 2.91. The standard InChI is InChI=1S/C29H28N2O3/c32-29(34-20-22-12-5-2-6-13-22)26-18-24(25-15-7-8-17-30-25)23-14-9-16-27(28(23)31-26)33-19-21-10-3-1-4-11-21/h1-6,9-14,16,18,25,30H,7-8,15,17,19-20H2. The van der Waals surface area contributed by atoms with Crippen molar-refractivity contribution in [3.05, 3.63) is 107 Å². The molecule has 172 valence electrons. The molecule has 0 spiro atoms. The fraction of sp³-hybridized carbons (Fsp3) is 0.241. The summed E-state index contributed by atoms with van der Waals surface area (Å²) in [5, 5.41) is 4.61. The van der Waals surface area contributed by atoms with E-state index in [1.807, 2.05) is 78.9 Å². The fourth-order valence-electron chi connectivity index (χ4n) is 4.41. The molecule has 1 atom stereocenters. The lowest BCUT2D eigenvalue weighted by atomic mass is 9.94. The summed E-state index contributed by atoms with van der Waals surface area (Å²) >= 11 is 0. The van der Waals surface area contributed by atoms with Gasteiger partial charge in [0.25, 0.3) is 0 Å². The molecule has 5 rings (SSSR count). The first-order valence-electron chi connectivity index (χ1n) is 11.8. The van der Waals surface area contributed by atoms with Crippen LogP contribution in [0.4, 0.5) is 0 Å². The third-order valence-corrected chi connectivity index (χ3v) is 6.18. The quantitative estimate of drug-likeness (QED) is 0.349. The Hall–Kier alpha value is -3.70. The normalized spacial score (nSPS) is 15.7. The second kappa shape index (κ2) is 10.5. The topological polar surface area (TPSA) is 60.5 Å². The highest BCUT2D eigenvalue weighted by Crippen LogP contribution is 2.34. The first-order chi connectivity index (χ1) is 16.8. The Morgan fingerprint density at radius 1 is 0.882 bits per heavy atom. The lowest BCUT2D eigenvalue weighted by Crippen LogP contribution is -2.27. The maximum atomic E-state index is 13.0. The van der Waals surface area contributed by atoms with Crippen molar-refractivity contribution in [3.63, 3.8) is 0 Å². The SMILES string of the molecule is O=C(OCc1ccccc1)c1cc(C2CCCCN2)c2cccc(OCc3ccccc3)c2n1. The number of pyridine rings is 1. The minimum Gasteiger partial charge on any atom is -0.487 e. The summed E-state index contributed by atoms with van der Waals surface area (Å²) in [4.78, 5) is 17.8. The van der Waals surface area contributed by atoms with Crippen molar-refractivity contribution in [2.75, 3.05) is 6.54 Å². The van der Waals surface area contributed by atoms with Crippen LogP contribution >= 0.6 is 0 Å². The Balaban J connectivity index is 1.48. The van der Waals surface area contributed by atoms with Gasteiger partial charge in [-0.05, 0) is 48.2 Å². The second-order valence-electron chi connectivity index (χ2n) is 8.59. The average molecular weight is 453 g/mol. The minimum atomic E-state index is -0.430. The first-order valence-corrected chi connectivity index (χ1v) is 11.8. The number of aromatic nitrogens is 1. The third-order valence-electron chi connectivity index (χ3n) is 6.18. The molecule has 0 amide bonds. The highest BCUT2D eigenvalue weighted by molar-refractivity contribution is 5.95. The maximum absolute atomic E-state index is 13.0. The lowest BCUT2D eigenvalue weighted by molar-refractivity contribution is 0.0466. The number of para-hydroxylation sites is 1. The van der Waals surface area contributed by atoms with Crippen LogP contribution in [0.3, 0.4) is 0 Å². The molecule has 1 unspecified atom stereocenters. The monoisotopic (exact) mass is 452 g/mol. The smallest absolute Gasteiger partial charge is 0.357 e. The molecular weight excluding hydrogens is 424 g/mol. The Bertz CT molecular complexity index is 1250. The molecule has 4 aromatic rings. The zero-order chi connectivity index (χ0) is 23.2. The molecule has 5 heteroatoms. The highest BCUT2D eigenvalue weighted by Gasteiger charge is 2.22. The predicted octanol–water partition coefficient (Wildman–Crippen LogP) is 5.99. The summed E-state index contributed by atoms with van der Waals surface area (Å²) in [6.07, 6.45) is 3.34.